The number of hydrogen-bond acceptors (Lipinski definition) is 3. The number of hydrogen-bond donors (Lipinski definition) is 1. The Morgan fingerprint density at radius 1 is 1.21 bits per heavy atom. The Morgan fingerprint density at radius 2 is 1.93 bits per heavy atom. The van der Waals surface area contributed by atoms with Crippen LogP contribution >= 0.6 is 51.3 Å². The van der Waals surface area contributed by atoms with Crippen LogP contribution in [0.4, 0.5) is 5.82 Å². The molecule has 28 heavy (non-hydrogen) atoms. The number of rotatable bonds is 6. The van der Waals surface area contributed by atoms with E-state index in [4.69, 9.17) is 35.4 Å². The number of aryl methyl sites for hydroxylation is 1. The smallest absolute Gasteiger partial charge is 0.174 e. The molecule has 0 aliphatic heterocycles. The van der Waals surface area contributed by atoms with Gasteiger partial charge in [-0.1, -0.05) is 29.3 Å². The van der Waals surface area contributed by atoms with Gasteiger partial charge in [0.1, 0.15) is 0 Å². The highest BCUT2D eigenvalue weighted by Crippen LogP contribution is 2.25. The fourth-order valence-corrected chi connectivity index (χ4v) is 3.70. The van der Waals surface area contributed by atoms with Crippen molar-refractivity contribution in [3.05, 3.63) is 62.4 Å². The zero-order chi connectivity index (χ0) is 20.3. The molecule has 2 aromatic heterocycles. The van der Waals surface area contributed by atoms with Crippen LogP contribution in [0.2, 0.25) is 10.0 Å². The van der Waals surface area contributed by atoms with Gasteiger partial charge in [0.2, 0.25) is 0 Å². The summed E-state index contributed by atoms with van der Waals surface area (Å²) in [6, 6.07) is 7.30. The summed E-state index contributed by atoms with van der Waals surface area (Å²) >= 11 is 21.5. The Balaban J connectivity index is 1.62. The number of benzene rings is 1. The lowest BCUT2D eigenvalue weighted by Gasteiger charge is -2.19. The topological polar surface area (TPSA) is 50.9 Å². The monoisotopic (exact) mass is 500 g/mol. The molecule has 0 aliphatic carbocycles. The van der Waals surface area contributed by atoms with Crippen LogP contribution in [-0.2, 0) is 19.6 Å². The van der Waals surface area contributed by atoms with Gasteiger partial charge < -0.3 is 10.2 Å². The standard InChI is InChI=1S/C18H19BrCl2N6S/c1-3-26-10-13(19)16(23-26)11-25(2)18(28)22-17-7-8-27(24-17)9-12-14(20)5-4-6-15(12)21/h4-8,10H,3,9,11H2,1-2H3,(H,22,24,28). The van der Waals surface area contributed by atoms with Gasteiger partial charge in [-0.15, -0.1) is 0 Å². The van der Waals surface area contributed by atoms with E-state index < -0.39 is 0 Å². The molecule has 0 bridgehead atoms. The highest BCUT2D eigenvalue weighted by Gasteiger charge is 2.13. The number of aromatic nitrogens is 4. The number of nitrogens with zero attached hydrogens (tertiary/aromatic N) is 5. The first kappa shape index (κ1) is 21.1. The van der Waals surface area contributed by atoms with E-state index in [9.17, 15) is 0 Å². The molecule has 148 valence electrons. The van der Waals surface area contributed by atoms with Crippen molar-refractivity contribution in [3.8, 4) is 0 Å². The van der Waals surface area contributed by atoms with Crippen molar-refractivity contribution in [2.24, 2.45) is 0 Å². The quantitative estimate of drug-likeness (QED) is 0.479. The average Bonchev–Trinajstić information content (AvgIpc) is 3.24. The summed E-state index contributed by atoms with van der Waals surface area (Å²) in [5.41, 5.74) is 1.75. The first-order chi connectivity index (χ1) is 13.4. The second kappa shape index (κ2) is 9.26. The number of nitrogens with one attached hydrogen (secondary N) is 1. The summed E-state index contributed by atoms with van der Waals surface area (Å²) in [6.07, 6.45) is 3.81. The van der Waals surface area contributed by atoms with Gasteiger partial charge in [0.05, 0.1) is 23.3 Å². The summed E-state index contributed by atoms with van der Waals surface area (Å²) < 4.78 is 4.60. The fourth-order valence-electron chi connectivity index (χ4n) is 2.57. The summed E-state index contributed by atoms with van der Waals surface area (Å²) in [6.45, 7) is 3.92. The van der Waals surface area contributed by atoms with E-state index in [0.29, 0.717) is 34.1 Å². The predicted molar refractivity (Wildman–Crippen MR) is 121 cm³/mol. The summed E-state index contributed by atoms with van der Waals surface area (Å²) in [5.74, 6) is 0.651. The molecule has 0 unspecified atom stereocenters. The van der Waals surface area contributed by atoms with E-state index >= 15 is 0 Å². The zero-order valence-corrected chi connectivity index (χ0v) is 19.3. The minimum atomic E-state index is 0.476. The molecule has 0 saturated heterocycles. The normalized spacial score (nSPS) is 10.9. The molecular weight excluding hydrogens is 483 g/mol. The van der Waals surface area contributed by atoms with E-state index in [1.807, 2.05) is 60.2 Å². The maximum Gasteiger partial charge on any atom is 0.174 e. The second-order valence-electron chi connectivity index (χ2n) is 6.16. The maximum atomic E-state index is 6.23. The first-order valence-electron chi connectivity index (χ1n) is 8.57. The van der Waals surface area contributed by atoms with Crippen LogP contribution in [0.5, 0.6) is 0 Å². The van der Waals surface area contributed by atoms with Crippen LogP contribution in [-0.4, -0.2) is 36.6 Å². The van der Waals surface area contributed by atoms with Crippen molar-refractivity contribution >= 4 is 62.3 Å². The zero-order valence-electron chi connectivity index (χ0n) is 15.4. The largest absolute Gasteiger partial charge is 0.346 e. The molecule has 0 amide bonds. The fraction of sp³-hybridized carbons (Fsp3) is 0.278. The number of halogens is 3. The van der Waals surface area contributed by atoms with E-state index in [1.54, 1.807) is 4.68 Å². The lowest BCUT2D eigenvalue weighted by molar-refractivity contribution is 0.491. The highest BCUT2D eigenvalue weighted by molar-refractivity contribution is 9.10. The molecule has 0 saturated carbocycles. The van der Waals surface area contributed by atoms with E-state index in [2.05, 4.69) is 31.4 Å². The summed E-state index contributed by atoms with van der Waals surface area (Å²) in [4.78, 5) is 1.91. The molecule has 0 spiro atoms. The molecule has 0 radical (unpaired) electrons. The third-order valence-corrected chi connectivity index (χ3v) is 5.89. The van der Waals surface area contributed by atoms with Crippen LogP contribution < -0.4 is 5.32 Å². The van der Waals surface area contributed by atoms with Gasteiger partial charge >= 0.3 is 0 Å². The SMILES string of the molecule is CCn1cc(Br)c(CN(C)C(=S)Nc2ccn(Cc3c(Cl)cccc3Cl)n2)n1. The maximum absolute atomic E-state index is 6.23. The van der Waals surface area contributed by atoms with Crippen molar-refractivity contribution in [1.29, 1.82) is 0 Å². The minimum absolute atomic E-state index is 0.476. The Morgan fingerprint density at radius 3 is 2.57 bits per heavy atom. The third kappa shape index (κ3) is 5.05. The van der Waals surface area contributed by atoms with Gasteiger partial charge in [-0.2, -0.15) is 10.2 Å². The Kier molecular flexibility index (Phi) is 6.98. The molecule has 6 nitrogen and oxygen atoms in total. The number of anilines is 1. The molecule has 10 heteroatoms. The predicted octanol–water partition coefficient (Wildman–Crippen LogP) is 5.05. The number of thiocarbonyl (C=S) groups is 1. The molecule has 0 fully saturated rings. The van der Waals surface area contributed by atoms with E-state index in [-0.39, 0.29) is 0 Å². The van der Waals surface area contributed by atoms with Crippen molar-refractivity contribution in [3.63, 3.8) is 0 Å². The van der Waals surface area contributed by atoms with Crippen LogP contribution in [0, 0.1) is 0 Å². The van der Waals surface area contributed by atoms with Crippen LogP contribution in [0.3, 0.4) is 0 Å². The van der Waals surface area contributed by atoms with Crippen LogP contribution in [0.1, 0.15) is 18.2 Å². The van der Waals surface area contributed by atoms with Crippen LogP contribution in [0.25, 0.3) is 0 Å². The van der Waals surface area contributed by atoms with Gasteiger partial charge in [0.15, 0.2) is 10.9 Å². The second-order valence-corrected chi connectivity index (χ2v) is 8.22. The van der Waals surface area contributed by atoms with Gasteiger partial charge in [0.25, 0.3) is 0 Å². The van der Waals surface area contributed by atoms with Crippen LogP contribution in [0.15, 0.2) is 41.1 Å². The third-order valence-electron chi connectivity index (χ3n) is 4.10. The molecule has 3 rings (SSSR count). The van der Waals surface area contributed by atoms with E-state index in [1.165, 1.54) is 0 Å². The molecule has 0 aliphatic rings. The molecule has 3 aromatic rings. The summed E-state index contributed by atoms with van der Waals surface area (Å²) in [7, 11) is 1.91. The van der Waals surface area contributed by atoms with Gasteiger partial charge in [-0.05, 0) is 47.2 Å². The molecule has 1 N–H and O–H groups in total. The summed E-state index contributed by atoms with van der Waals surface area (Å²) in [5, 5.41) is 14.0. The highest BCUT2D eigenvalue weighted by atomic mass is 79.9. The molecule has 1 aromatic carbocycles. The molecule has 0 atom stereocenters. The Labute approximate surface area is 187 Å². The van der Waals surface area contributed by atoms with Crippen molar-refractivity contribution < 1.29 is 0 Å². The van der Waals surface area contributed by atoms with E-state index in [0.717, 1.165) is 22.3 Å². The Bertz CT molecular complexity index is 966. The van der Waals surface area contributed by atoms with Gasteiger partial charge in [0, 0.05) is 47.7 Å². The van der Waals surface area contributed by atoms with Crippen molar-refractivity contribution in [2.45, 2.75) is 26.6 Å². The van der Waals surface area contributed by atoms with Crippen molar-refractivity contribution in [2.75, 3.05) is 12.4 Å². The molecule has 2 heterocycles. The lowest BCUT2D eigenvalue weighted by atomic mass is 10.2. The first-order valence-corrected chi connectivity index (χ1v) is 10.5. The lowest BCUT2D eigenvalue weighted by Crippen LogP contribution is -2.31. The van der Waals surface area contributed by atoms with Crippen molar-refractivity contribution in [1.82, 2.24) is 24.5 Å². The van der Waals surface area contributed by atoms with Gasteiger partial charge in [-0.25, -0.2) is 0 Å². The molecular formula is C18H19BrCl2N6S. The average molecular weight is 502 g/mol. The van der Waals surface area contributed by atoms with Gasteiger partial charge in [-0.3, -0.25) is 9.36 Å². The Hall–Kier alpha value is -1.61. The minimum Gasteiger partial charge on any atom is -0.346 e.